The summed E-state index contributed by atoms with van der Waals surface area (Å²) in [5.41, 5.74) is 5.81. The lowest BCUT2D eigenvalue weighted by atomic mass is 9.81. The van der Waals surface area contributed by atoms with Crippen LogP contribution in [0, 0.1) is 16.0 Å². The number of carbonyl (C=O) groups is 1. The molecule has 2 heterocycles. The van der Waals surface area contributed by atoms with Gasteiger partial charge in [0.05, 0.1) is 22.9 Å². The van der Waals surface area contributed by atoms with Crippen molar-refractivity contribution in [1.82, 2.24) is 4.90 Å². The summed E-state index contributed by atoms with van der Waals surface area (Å²) in [5.74, 6) is -3.10. The molecule has 2 aliphatic heterocycles. The lowest BCUT2D eigenvalue weighted by Crippen LogP contribution is -2.45. The normalized spacial score (nSPS) is 22.4. The van der Waals surface area contributed by atoms with Gasteiger partial charge in [-0.15, -0.1) is 0 Å². The Bertz CT molecular complexity index is 1010. The van der Waals surface area contributed by atoms with E-state index in [1.165, 1.54) is 25.3 Å². The van der Waals surface area contributed by atoms with E-state index in [9.17, 15) is 23.3 Å². The molecule has 2 atom stereocenters. The second-order valence-electron chi connectivity index (χ2n) is 6.98. The summed E-state index contributed by atoms with van der Waals surface area (Å²) in [6.07, 6.45) is 2.71. The Hall–Kier alpha value is -2.95. The number of hydrogen-bond donors (Lipinski definition) is 1. The molecule has 0 spiro atoms. The van der Waals surface area contributed by atoms with E-state index in [2.05, 4.69) is 4.99 Å². The van der Waals surface area contributed by atoms with E-state index < -0.39 is 32.6 Å². The molecular weight excluding hydrogens is 400 g/mol. The van der Waals surface area contributed by atoms with E-state index in [4.69, 9.17) is 10.5 Å². The highest BCUT2D eigenvalue weighted by Gasteiger charge is 2.48. The number of nitro groups is 1. The zero-order valence-electron chi connectivity index (χ0n) is 16.1. The van der Waals surface area contributed by atoms with E-state index in [1.54, 1.807) is 6.07 Å². The highest BCUT2D eigenvalue weighted by Crippen LogP contribution is 2.44. The number of para-hydroxylation sites is 1. The molecule has 1 saturated heterocycles. The monoisotopic (exact) mass is 422 g/mol. The molecule has 0 bridgehead atoms. The van der Waals surface area contributed by atoms with E-state index in [0.29, 0.717) is 13.1 Å². The number of nitrogens with zero attached hydrogens (tertiary/aromatic N) is 3. The molecule has 11 heteroatoms. The fourth-order valence-corrected chi connectivity index (χ4v) is 5.10. The van der Waals surface area contributed by atoms with Crippen molar-refractivity contribution in [2.75, 3.05) is 26.5 Å². The van der Waals surface area contributed by atoms with Gasteiger partial charge >= 0.3 is 5.97 Å². The van der Waals surface area contributed by atoms with Crippen molar-refractivity contribution in [1.29, 1.82) is 0 Å². The molecule has 0 aliphatic carbocycles. The van der Waals surface area contributed by atoms with Crippen LogP contribution in [0.25, 0.3) is 0 Å². The number of rotatable bonds is 4. The highest BCUT2D eigenvalue weighted by molar-refractivity contribution is 7.94. The molecule has 156 valence electrons. The van der Waals surface area contributed by atoms with Gasteiger partial charge in [0.25, 0.3) is 5.69 Å². The average molecular weight is 422 g/mol. The van der Waals surface area contributed by atoms with Crippen LogP contribution in [0.2, 0.25) is 0 Å². The molecule has 1 aromatic rings. The highest BCUT2D eigenvalue weighted by atomic mass is 32.2. The number of nitro benzene ring substituents is 1. The molecule has 0 aromatic heterocycles. The lowest BCUT2D eigenvalue weighted by Gasteiger charge is -2.35. The van der Waals surface area contributed by atoms with Crippen molar-refractivity contribution in [3.05, 3.63) is 50.7 Å². The Morgan fingerprint density at radius 2 is 1.93 bits per heavy atom. The number of methoxy groups -OCH3 is 1. The van der Waals surface area contributed by atoms with Crippen LogP contribution in [0.1, 0.15) is 24.3 Å². The average Bonchev–Trinajstić information content (AvgIpc) is 3.20. The van der Waals surface area contributed by atoms with Crippen LogP contribution in [0.5, 0.6) is 0 Å². The van der Waals surface area contributed by atoms with Crippen molar-refractivity contribution in [2.24, 2.45) is 16.6 Å². The predicted octanol–water partition coefficient (Wildman–Crippen LogP) is 1.15. The van der Waals surface area contributed by atoms with Gasteiger partial charge in [-0.2, -0.15) is 0 Å². The van der Waals surface area contributed by atoms with Gasteiger partial charge in [-0.1, -0.05) is 18.2 Å². The molecule has 2 unspecified atom stereocenters. The first kappa shape index (κ1) is 20.8. The number of sulfone groups is 1. The Morgan fingerprint density at radius 3 is 2.48 bits per heavy atom. The van der Waals surface area contributed by atoms with Gasteiger partial charge in [-0.3, -0.25) is 14.9 Å². The third-order valence-electron chi connectivity index (χ3n) is 5.13. The van der Waals surface area contributed by atoms with Crippen LogP contribution >= 0.6 is 0 Å². The quantitative estimate of drug-likeness (QED) is 0.432. The zero-order chi connectivity index (χ0) is 21.3. The van der Waals surface area contributed by atoms with Gasteiger partial charge in [-0.05, 0) is 12.8 Å². The van der Waals surface area contributed by atoms with E-state index in [0.717, 1.165) is 19.1 Å². The molecule has 0 radical (unpaired) electrons. The number of nitrogens with two attached hydrogens (primary N) is 1. The van der Waals surface area contributed by atoms with Gasteiger partial charge in [-0.25, -0.2) is 13.4 Å². The molecule has 3 rings (SSSR count). The van der Waals surface area contributed by atoms with Gasteiger partial charge < -0.3 is 15.4 Å². The lowest BCUT2D eigenvalue weighted by molar-refractivity contribution is -0.385. The second kappa shape index (κ2) is 7.82. The number of likely N-dealkylation sites (tertiary alicyclic amines) is 1. The summed E-state index contributed by atoms with van der Waals surface area (Å²) >= 11 is 0. The van der Waals surface area contributed by atoms with Crippen molar-refractivity contribution in [3.63, 3.8) is 0 Å². The van der Waals surface area contributed by atoms with E-state index in [1.807, 2.05) is 4.90 Å². The Balaban J connectivity index is 2.33. The number of hydrogen-bond acceptors (Lipinski definition) is 9. The largest absolute Gasteiger partial charge is 0.468 e. The minimum atomic E-state index is -3.94. The number of benzene rings is 1. The van der Waals surface area contributed by atoms with Gasteiger partial charge in [0, 0.05) is 31.0 Å². The van der Waals surface area contributed by atoms with E-state index >= 15 is 0 Å². The molecule has 1 aromatic carbocycles. The Morgan fingerprint density at radius 1 is 1.31 bits per heavy atom. The van der Waals surface area contributed by atoms with Crippen molar-refractivity contribution in [2.45, 2.75) is 18.8 Å². The second-order valence-corrected chi connectivity index (χ2v) is 8.96. The fourth-order valence-electron chi connectivity index (χ4n) is 3.95. The van der Waals surface area contributed by atoms with Crippen LogP contribution in [0.3, 0.4) is 0 Å². The first-order valence-corrected chi connectivity index (χ1v) is 10.9. The summed E-state index contributed by atoms with van der Waals surface area (Å²) in [5, 5.41) is 11.6. The number of carbonyl (C=O) groups excluding carboxylic acids is 1. The predicted molar refractivity (Wildman–Crippen MR) is 106 cm³/mol. The number of allylic oxidation sites excluding steroid dienone is 1. The van der Waals surface area contributed by atoms with Crippen molar-refractivity contribution >= 4 is 27.3 Å². The Labute approximate surface area is 168 Å². The van der Waals surface area contributed by atoms with Gasteiger partial charge in [0.2, 0.25) is 0 Å². The van der Waals surface area contributed by atoms with Crippen molar-refractivity contribution in [3.8, 4) is 0 Å². The van der Waals surface area contributed by atoms with Crippen LogP contribution in [-0.2, 0) is 19.4 Å². The molecule has 2 aliphatic rings. The minimum Gasteiger partial charge on any atom is -0.468 e. The van der Waals surface area contributed by atoms with Crippen LogP contribution in [0.15, 0.2) is 40.0 Å². The van der Waals surface area contributed by atoms with E-state index in [-0.39, 0.29) is 27.8 Å². The molecule has 0 saturated carbocycles. The zero-order valence-corrected chi connectivity index (χ0v) is 16.9. The summed E-state index contributed by atoms with van der Waals surface area (Å²) in [7, 11) is -2.76. The summed E-state index contributed by atoms with van der Waals surface area (Å²) in [6, 6.07) is 5.72. The topological polar surface area (TPSA) is 145 Å². The van der Waals surface area contributed by atoms with Gasteiger partial charge in [0.15, 0.2) is 9.84 Å². The molecule has 1 fully saturated rings. The molecular formula is C18H22N4O6S. The summed E-state index contributed by atoms with van der Waals surface area (Å²) in [6.45, 7) is 1.24. The SMILES string of the molecule is COC(=O)C1C(N2CCCC2)=NC(N)=C(S(C)(=O)=O)C1c1ccccc1[N+](=O)[O-]. The third kappa shape index (κ3) is 3.82. The fraction of sp³-hybridized carbons (Fsp3) is 0.444. The number of ether oxygens (including phenoxy) is 1. The standard InChI is InChI=1S/C18H22N4O6S/c1-28-18(23)14-13(11-7-3-4-8-12(11)22(24)25)15(29(2,26)27)16(19)20-17(14)21-9-5-6-10-21/h3-4,7-8,13-14H,5-6,9-10,19H2,1-2H3. The smallest absolute Gasteiger partial charge is 0.317 e. The molecule has 2 N–H and O–H groups in total. The van der Waals surface area contributed by atoms with Gasteiger partial charge in [0.1, 0.15) is 17.6 Å². The number of esters is 1. The Kier molecular flexibility index (Phi) is 5.60. The first-order chi connectivity index (χ1) is 13.7. The maximum absolute atomic E-state index is 12.8. The van der Waals surface area contributed by atoms with Crippen LogP contribution in [-0.4, -0.2) is 56.5 Å². The van der Waals surface area contributed by atoms with Crippen molar-refractivity contribution < 1.29 is 22.9 Å². The van der Waals surface area contributed by atoms with Crippen LogP contribution in [0.4, 0.5) is 5.69 Å². The maximum atomic E-state index is 12.8. The molecule has 29 heavy (non-hydrogen) atoms. The summed E-state index contributed by atoms with van der Waals surface area (Å²) < 4.78 is 30.2. The molecule has 0 amide bonds. The minimum absolute atomic E-state index is 0.0721. The molecule has 10 nitrogen and oxygen atoms in total. The number of aliphatic imine (C=N–C) groups is 1. The first-order valence-electron chi connectivity index (χ1n) is 9.01. The summed E-state index contributed by atoms with van der Waals surface area (Å²) in [4.78, 5) is 29.7. The maximum Gasteiger partial charge on any atom is 0.317 e. The van der Waals surface area contributed by atoms with Crippen LogP contribution < -0.4 is 5.73 Å². The number of amidine groups is 1. The third-order valence-corrected chi connectivity index (χ3v) is 6.40.